The minimum Gasteiger partial charge on any atom is -0.316 e. The molecule has 1 rings (SSSR count). The standard InChI is InChI=1S/C6H5ClFNO/c1-9-3-5(8)4(7)2-6(9)10/h2-3H,1H3. The molecule has 0 amide bonds. The number of halogens is 2. The summed E-state index contributed by atoms with van der Waals surface area (Å²) < 4.78 is 13.6. The van der Waals surface area contributed by atoms with Crippen molar-refractivity contribution in [2.75, 3.05) is 0 Å². The van der Waals surface area contributed by atoms with Crippen LogP contribution in [0.1, 0.15) is 0 Å². The summed E-state index contributed by atoms with van der Waals surface area (Å²) in [6.07, 6.45) is 1.05. The summed E-state index contributed by atoms with van der Waals surface area (Å²) >= 11 is 5.30. The van der Waals surface area contributed by atoms with Gasteiger partial charge in [-0.15, -0.1) is 0 Å². The lowest BCUT2D eigenvalue weighted by molar-refractivity contribution is 0.605. The van der Waals surface area contributed by atoms with E-state index in [1.807, 2.05) is 0 Å². The van der Waals surface area contributed by atoms with E-state index < -0.39 is 5.82 Å². The topological polar surface area (TPSA) is 22.0 Å². The van der Waals surface area contributed by atoms with Crippen molar-refractivity contribution in [2.24, 2.45) is 7.05 Å². The van der Waals surface area contributed by atoms with Crippen LogP contribution in [0.3, 0.4) is 0 Å². The van der Waals surface area contributed by atoms with E-state index in [4.69, 9.17) is 11.6 Å². The molecule has 0 saturated heterocycles. The van der Waals surface area contributed by atoms with Crippen LogP contribution in [0.15, 0.2) is 17.1 Å². The normalized spacial score (nSPS) is 9.90. The molecular formula is C6H5ClFNO. The molecule has 0 aromatic carbocycles. The predicted molar refractivity (Wildman–Crippen MR) is 36.7 cm³/mol. The van der Waals surface area contributed by atoms with Crippen LogP contribution in [0.25, 0.3) is 0 Å². The third-order valence-electron chi connectivity index (χ3n) is 1.13. The minimum atomic E-state index is -0.580. The summed E-state index contributed by atoms with van der Waals surface area (Å²) in [5.41, 5.74) is -0.314. The highest BCUT2D eigenvalue weighted by atomic mass is 35.5. The van der Waals surface area contributed by atoms with Crippen LogP contribution in [0.4, 0.5) is 4.39 Å². The van der Waals surface area contributed by atoms with Gasteiger partial charge >= 0.3 is 0 Å². The van der Waals surface area contributed by atoms with Gasteiger partial charge in [-0.25, -0.2) is 4.39 Å². The number of hydrogen-bond acceptors (Lipinski definition) is 1. The molecule has 0 fully saturated rings. The molecule has 1 aromatic heterocycles. The highest BCUT2D eigenvalue weighted by molar-refractivity contribution is 6.30. The third kappa shape index (κ3) is 1.19. The van der Waals surface area contributed by atoms with Crippen LogP contribution in [0, 0.1) is 5.82 Å². The highest BCUT2D eigenvalue weighted by Gasteiger charge is 1.99. The third-order valence-corrected chi connectivity index (χ3v) is 1.42. The smallest absolute Gasteiger partial charge is 0.251 e. The summed E-state index contributed by atoms with van der Waals surface area (Å²) in [5, 5.41) is -0.136. The Morgan fingerprint density at radius 3 is 2.80 bits per heavy atom. The van der Waals surface area contributed by atoms with Crippen molar-refractivity contribution in [3.63, 3.8) is 0 Å². The molecule has 0 N–H and O–H groups in total. The van der Waals surface area contributed by atoms with Crippen LogP contribution >= 0.6 is 11.6 Å². The van der Waals surface area contributed by atoms with E-state index in [1.54, 1.807) is 0 Å². The van der Waals surface area contributed by atoms with E-state index in [0.29, 0.717) is 0 Å². The zero-order chi connectivity index (χ0) is 7.72. The van der Waals surface area contributed by atoms with Gasteiger partial charge in [-0.05, 0) is 0 Å². The van der Waals surface area contributed by atoms with Gasteiger partial charge in [0, 0.05) is 19.3 Å². The summed E-state index contributed by atoms with van der Waals surface area (Å²) in [4.78, 5) is 10.7. The number of pyridine rings is 1. The molecule has 1 aromatic rings. The van der Waals surface area contributed by atoms with Crippen molar-refractivity contribution in [1.82, 2.24) is 4.57 Å². The first-order valence-electron chi connectivity index (χ1n) is 2.63. The maximum absolute atomic E-state index is 12.5. The van der Waals surface area contributed by atoms with Crippen LogP contribution in [-0.2, 0) is 7.05 Å². The molecule has 0 saturated carbocycles. The minimum absolute atomic E-state index is 0.136. The molecule has 54 valence electrons. The Labute approximate surface area is 61.9 Å². The summed E-state index contributed by atoms with van der Waals surface area (Å²) in [5.74, 6) is -0.580. The zero-order valence-electron chi connectivity index (χ0n) is 5.27. The Morgan fingerprint density at radius 1 is 1.70 bits per heavy atom. The molecule has 0 aliphatic rings. The molecule has 0 atom stereocenters. The first-order chi connectivity index (χ1) is 4.61. The number of rotatable bonds is 0. The van der Waals surface area contributed by atoms with Crippen molar-refractivity contribution >= 4 is 11.6 Å². The maximum Gasteiger partial charge on any atom is 0.251 e. The largest absolute Gasteiger partial charge is 0.316 e. The molecule has 10 heavy (non-hydrogen) atoms. The lowest BCUT2D eigenvalue weighted by Crippen LogP contribution is -2.15. The van der Waals surface area contributed by atoms with E-state index in [2.05, 4.69) is 0 Å². The zero-order valence-corrected chi connectivity index (χ0v) is 6.02. The van der Waals surface area contributed by atoms with Crippen LogP contribution in [-0.4, -0.2) is 4.57 Å². The van der Waals surface area contributed by atoms with Crippen molar-refractivity contribution in [3.05, 3.63) is 33.5 Å². The SMILES string of the molecule is Cn1cc(F)c(Cl)cc1=O. The molecule has 0 aliphatic heterocycles. The Morgan fingerprint density at radius 2 is 2.30 bits per heavy atom. The van der Waals surface area contributed by atoms with Crippen molar-refractivity contribution in [2.45, 2.75) is 0 Å². The van der Waals surface area contributed by atoms with E-state index in [1.165, 1.54) is 7.05 Å². The molecule has 0 bridgehead atoms. The van der Waals surface area contributed by atoms with Gasteiger partial charge in [-0.2, -0.15) is 0 Å². The molecule has 0 unspecified atom stereocenters. The molecular weight excluding hydrogens is 157 g/mol. The van der Waals surface area contributed by atoms with Crippen LogP contribution < -0.4 is 5.56 Å². The second kappa shape index (κ2) is 2.42. The van der Waals surface area contributed by atoms with E-state index in [0.717, 1.165) is 16.8 Å². The van der Waals surface area contributed by atoms with E-state index in [9.17, 15) is 9.18 Å². The van der Waals surface area contributed by atoms with Gasteiger partial charge in [0.15, 0.2) is 5.82 Å². The number of aromatic nitrogens is 1. The lowest BCUT2D eigenvalue weighted by atomic mass is 10.4. The molecule has 4 heteroatoms. The van der Waals surface area contributed by atoms with Gasteiger partial charge in [-0.1, -0.05) is 11.6 Å². The molecule has 0 aliphatic carbocycles. The number of hydrogen-bond donors (Lipinski definition) is 0. The first kappa shape index (κ1) is 7.28. The molecule has 0 spiro atoms. The quantitative estimate of drug-likeness (QED) is 0.560. The molecule has 0 radical (unpaired) electrons. The predicted octanol–water partition coefficient (Wildman–Crippen LogP) is 1.18. The van der Waals surface area contributed by atoms with Gasteiger partial charge < -0.3 is 4.57 Å². The fourth-order valence-electron chi connectivity index (χ4n) is 0.574. The second-order valence-corrected chi connectivity index (χ2v) is 2.33. The Balaban J connectivity index is 3.43. The summed E-state index contributed by atoms with van der Waals surface area (Å²) in [7, 11) is 1.46. The van der Waals surface area contributed by atoms with Gasteiger partial charge in [0.05, 0.1) is 5.02 Å². The number of nitrogens with zero attached hydrogens (tertiary/aromatic N) is 1. The average Bonchev–Trinajstić information content (AvgIpc) is 1.84. The van der Waals surface area contributed by atoms with Crippen molar-refractivity contribution < 1.29 is 4.39 Å². The van der Waals surface area contributed by atoms with Gasteiger partial charge in [0.1, 0.15) is 0 Å². The molecule has 2 nitrogen and oxygen atoms in total. The fraction of sp³-hybridized carbons (Fsp3) is 0.167. The van der Waals surface area contributed by atoms with Crippen LogP contribution in [0.5, 0.6) is 0 Å². The highest BCUT2D eigenvalue weighted by Crippen LogP contribution is 2.08. The van der Waals surface area contributed by atoms with Gasteiger partial charge in [-0.3, -0.25) is 4.79 Å². The Bertz CT molecular complexity index is 307. The summed E-state index contributed by atoms with van der Waals surface area (Å²) in [6, 6.07) is 1.04. The first-order valence-corrected chi connectivity index (χ1v) is 3.01. The lowest BCUT2D eigenvalue weighted by Gasteiger charge is -1.96. The maximum atomic E-state index is 12.5. The average molecular weight is 162 g/mol. The molecule has 1 heterocycles. The van der Waals surface area contributed by atoms with Crippen LogP contribution in [0.2, 0.25) is 5.02 Å². The monoisotopic (exact) mass is 161 g/mol. The fourth-order valence-corrected chi connectivity index (χ4v) is 0.717. The Kier molecular flexibility index (Phi) is 1.76. The second-order valence-electron chi connectivity index (χ2n) is 1.92. The van der Waals surface area contributed by atoms with Crippen molar-refractivity contribution in [1.29, 1.82) is 0 Å². The Hall–Kier alpha value is -0.830. The van der Waals surface area contributed by atoms with Gasteiger partial charge in [0.2, 0.25) is 0 Å². The van der Waals surface area contributed by atoms with Gasteiger partial charge in [0.25, 0.3) is 5.56 Å². The summed E-state index contributed by atoms with van der Waals surface area (Å²) in [6.45, 7) is 0. The van der Waals surface area contributed by atoms with E-state index >= 15 is 0 Å². The van der Waals surface area contributed by atoms with Crippen molar-refractivity contribution in [3.8, 4) is 0 Å². The van der Waals surface area contributed by atoms with E-state index in [-0.39, 0.29) is 10.6 Å². The number of aryl methyl sites for hydroxylation is 1.